The molecule has 4 rings (SSSR count). The first-order valence-electron chi connectivity index (χ1n) is 13.5. The normalized spacial score (nSPS) is 20.5. The molecule has 2 aromatic rings. The fourth-order valence-corrected chi connectivity index (χ4v) is 5.77. The Bertz CT molecular complexity index is 1220. The van der Waals surface area contributed by atoms with Gasteiger partial charge in [-0.25, -0.2) is 0 Å². The number of piperidine rings is 1. The quantitative estimate of drug-likeness (QED) is 0.215. The van der Waals surface area contributed by atoms with Crippen molar-refractivity contribution in [3.8, 4) is 0 Å². The van der Waals surface area contributed by atoms with Crippen LogP contribution in [0.5, 0.6) is 0 Å². The first-order valence-corrected chi connectivity index (χ1v) is 13.5. The smallest absolute Gasteiger partial charge is 0.382 e. The third-order valence-corrected chi connectivity index (χ3v) is 8.03. The fraction of sp³-hybridized carbons (Fsp3) is 0.536. The van der Waals surface area contributed by atoms with E-state index < -0.39 is 34.1 Å². The number of nitro groups is 1. The second-order valence-corrected chi connectivity index (χ2v) is 10.9. The number of hydrogen-bond donors (Lipinski definition) is 1. The molecule has 2 aliphatic rings. The van der Waals surface area contributed by atoms with Gasteiger partial charge in [-0.15, -0.1) is 0 Å². The summed E-state index contributed by atoms with van der Waals surface area (Å²) in [4.78, 5) is 26.8. The van der Waals surface area contributed by atoms with Crippen LogP contribution in [-0.4, -0.2) is 48.5 Å². The molecular weight excluding hydrogens is 554 g/mol. The Hall–Kier alpha value is -3.51. The molecule has 1 heterocycles. The summed E-state index contributed by atoms with van der Waals surface area (Å²) in [6.45, 7) is 1.72. The fourth-order valence-electron chi connectivity index (χ4n) is 5.77. The number of carbonyl (C=O) groups is 1. The van der Waals surface area contributed by atoms with E-state index in [4.69, 9.17) is 0 Å². The van der Waals surface area contributed by atoms with Gasteiger partial charge in [0.1, 0.15) is 5.56 Å². The number of rotatable bonds is 7. The standard InChI is InChI=1S/C28H32F6N4O3/c1-36(26(39)19-12-14-37(15-13-19)23-9-4-20(5-10-23)27(29,30)31)17-18-2-6-21(7-3-18)35-22-8-11-25(38(40)41)24(16-22)28(32,33)34/h4-5,8-11,16,18-19,21,35H,2-3,6-7,12-15,17H2,1H3/t18-,21-. The molecule has 1 N–H and O–H groups in total. The van der Waals surface area contributed by atoms with E-state index in [1.54, 1.807) is 11.9 Å². The van der Waals surface area contributed by atoms with Crippen LogP contribution >= 0.6 is 0 Å². The second-order valence-electron chi connectivity index (χ2n) is 10.9. The summed E-state index contributed by atoms with van der Waals surface area (Å²) >= 11 is 0. The Morgan fingerprint density at radius 2 is 1.56 bits per heavy atom. The van der Waals surface area contributed by atoms with E-state index in [9.17, 15) is 41.3 Å². The first-order chi connectivity index (χ1) is 19.2. The average molecular weight is 587 g/mol. The summed E-state index contributed by atoms with van der Waals surface area (Å²) in [5.74, 6) is 0.133. The van der Waals surface area contributed by atoms with Crippen LogP contribution in [0, 0.1) is 22.0 Å². The van der Waals surface area contributed by atoms with E-state index in [1.807, 2.05) is 4.90 Å². The number of nitrogens with one attached hydrogen (secondary N) is 1. The zero-order valence-electron chi connectivity index (χ0n) is 22.5. The number of alkyl halides is 6. The minimum absolute atomic E-state index is 0.0443. The van der Waals surface area contributed by atoms with Crippen molar-refractivity contribution in [2.75, 3.05) is 36.9 Å². The lowest BCUT2D eigenvalue weighted by Gasteiger charge is -2.36. The van der Waals surface area contributed by atoms with Crippen molar-refractivity contribution >= 4 is 23.0 Å². The van der Waals surface area contributed by atoms with Gasteiger partial charge in [-0.05, 0) is 80.8 Å². The Morgan fingerprint density at radius 1 is 0.951 bits per heavy atom. The lowest BCUT2D eigenvalue weighted by atomic mass is 9.85. The molecule has 1 amide bonds. The van der Waals surface area contributed by atoms with Crippen LogP contribution in [0.1, 0.15) is 49.7 Å². The largest absolute Gasteiger partial charge is 0.423 e. The number of amides is 1. The van der Waals surface area contributed by atoms with E-state index in [0.29, 0.717) is 51.0 Å². The molecule has 0 atom stereocenters. The van der Waals surface area contributed by atoms with E-state index in [-0.39, 0.29) is 29.5 Å². The monoisotopic (exact) mass is 586 g/mol. The highest BCUT2D eigenvalue weighted by Gasteiger charge is 2.39. The highest BCUT2D eigenvalue weighted by Crippen LogP contribution is 2.38. The lowest BCUT2D eigenvalue weighted by molar-refractivity contribution is -0.388. The van der Waals surface area contributed by atoms with Crippen molar-refractivity contribution in [2.24, 2.45) is 11.8 Å². The van der Waals surface area contributed by atoms with Gasteiger partial charge >= 0.3 is 12.4 Å². The third kappa shape index (κ3) is 7.62. The number of nitro benzene ring substituents is 1. The second kappa shape index (κ2) is 12.2. The van der Waals surface area contributed by atoms with Crippen LogP contribution in [0.3, 0.4) is 0 Å². The van der Waals surface area contributed by atoms with Crippen LogP contribution < -0.4 is 10.2 Å². The molecule has 1 aliphatic carbocycles. The van der Waals surface area contributed by atoms with Crippen molar-refractivity contribution in [1.82, 2.24) is 4.90 Å². The molecule has 2 fully saturated rings. The van der Waals surface area contributed by atoms with Crippen molar-refractivity contribution < 1.29 is 36.1 Å². The Balaban J connectivity index is 1.23. The van der Waals surface area contributed by atoms with Gasteiger partial charge in [-0.2, -0.15) is 26.3 Å². The SMILES string of the molecule is CN(C[C@H]1CC[C@H](Nc2ccc([N+](=O)[O-])c(C(F)(F)F)c2)CC1)C(=O)C1CCN(c2ccc(C(F)(F)F)cc2)CC1. The molecule has 0 bridgehead atoms. The average Bonchev–Trinajstić information content (AvgIpc) is 2.93. The van der Waals surface area contributed by atoms with E-state index >= 15 is 0 Å². The Labute approximate surface area is 233 Å². The maximum atomic E-state index is 13.3. The van der Waals surface area contributed by atoms with Gasteiger partial charge in [-0.3, -0.25) is 14.9 Å². The number of halogens is 6. The number of benzene rings is 2. The summed E-state index contributed by atoms with van der Waals surface area (Å²) in [7, 11) is 1.77. The van der Waals surface area contributed by atoms with E-state index in [2.05, 4.69) is 5.32 Å². The highest BCUT2D eigenvalue weighted by atomic mass is 19.4. The van der Waals surface area contributed by atoms with Gasteiger partial charge in [0.2, 0.25) is 5.91 Å². The molecule has 2 aromatic carbocycles. The van der Waals surface area contributed by atoms with Gasteiger partial charge in [-0.1, -0.05) is 0 Å². The molecule has 0 radical (unpaired) electrons. The van der Waals surface area contributed by atoms with Crippen molar-refractivity contribution in [1.29, 1.82) is 0 Å². The third-order valence-electron chi connectivity index (χ3n) is 8.03. The molecular formula is C28H32F6N4O3. The van der Waals surface area contributed by atoms with Crippen LogP contribution in [0.15, 0.2) is 42.5 Å². The van der Waals surface area contributed by atoms with Gasteiger partial charge in [0, 0.05) is 56.1 Å². The molecule has 1 saturated heterocycles. The molecule has 0 unspecified atom stereocenters. The van der Waals surface area contributed by atoms with Crippen molar-refractivity contribution in [3.63, 3.8) is 0 Å². The molecule has 7 nitrogen and oxygen atoms in total. The topological polar surface area (TPSA) is 78.7 Å². The first kappa shape index (κ1) is 30.4. The highest BCUT2D eigenvalue weighted by molar-refractivity contribution is 5.79. The van der Waals surface area contributed by atoms with E-state index in [1.165, 1.54) is 18.2 Å². The summed E-state index contributed by atoms with van der Waals surface area (Å²) in [5.41, 5.74) is -2.08. The molecule has 13 heteroatoms. The Morgan fingerprint density at radius 3 is 2.10 bits per heavy atom. The minimum atomic E-state index is -4.84. The van der Waals surface area contributed by atoms with Gasteiger partial charge in [0.25, 0.3) is 5.69 Å². The van der Waals surface area contributed by atoms with Gasteiger partial charge in [0.15, 0.2) is 0 Å². The number of carbonyl (C=O) groups excluding carboxylic acids is 1. The maximum Gasteiger partial charge on any atom is 0.423 e. The zero-order chi connectivity index (χ0) is 29.9. The van der Waals surface area contributed by atoms with Crippen LogP contribution in [0.4, 0.5) is 43.4 Å². The summed E-state index contributed by atoms with van der Waals surface area (Å²) < 4.78 is 78.3. The lowest BCUT2D eigenvalue weighted by Crippen LogP contribution is -2.43. The van der Waals surface area contributed by atoms with Crippen LogP contribution in [0.25, 0.3) is 0 Å². The van der Waals surface area contributed by atoms with Crippen LogP contribution in [0.2, 0.25) is 0 Å². The summed E-state index contributed by atoms with van der Waals surface area (Å²) in [6, 6.07) is 7.90. The predicted molar refractivity (Wildman–Crippen MR) is 141 cm³/mol. The van der Waals surface area contributed by atoms with Crippen molar-refractivity contribution in [2.45, 2.75) is 56.9 Å². The molecule has 41 heavy (non-hydrogen) atoms. The number of nitrogens with zero attached hydrogens (tertiary/aromatic N) is 3. The Kier molecular flexibility index (Phi) is 9.03. The molecule has 224 valence electrons. The van der Waals surface area contributed by atoms with Crippen molar-refractivity contribution in [3.05, 3.63) is 63.7 Å². The molecule has 1 aliphatic heterocycles. The minimum Gasteiger partial charge on any atom is -0.382 e. The maximum absolute atomic E-state index is 13.3. The van der Waals surface area contributed by atoms with Gasteiger partial charge < -0.3 is 15.1 Å². The molecule has 1 saturated carbocycles. The summed E-state index contributed by atoms with van der Waals surface area (Å²) in [5, 5.41) is 14.0. The summed E-state index contributed by atoms with van der Waals surface area (Å²) in [6.07, 6.45) is -5.07. The molecule has 0 aromatic heterocycles. The number of hydrogen-bond acceptors (Lipinski definition) is 5. The number of anilines is 2. The molecule has 0 spiro atoms. The van der Waals surface area contributed by atoms with Crippen LogP contribution in [-0.2, 0) is 17.1 Å². The predicted octanol–water partition coefficient (Wildman–Crippen LogP) is 6.98. The van der Waals surface area contributed by atoms with Gasteiger partial charge in [0.05, 0.1) is 10.5 Å². The zero-order valence-corrected chi connectivity index (χ0v) is 22.5. The van der Waals surface area contributed by atoms with E-state index in [0.717, 1.165) is 37.1 Å².